The number of nitrogens with zero attached hydrogens (tertiary/aromatic N) is 4. The Morgan fingerprint density at radius 2 is 2.04 bits per heavy atom. The van der Waals surface area contributed by atoms with Crippen LogP contribution < -0.4 is 0 Å². The van der Waals surface area contributed by atoms with E-state index in [-0.39, 0.29) is 10.6 Å². The van der Waals surface area contributed by atoms with Gasteiger partial charge in [0.2, 0.25) is 0 Å². The maximum Gasteiger partial charge on any atom is 0.270 e. The lowest BCUT2D eigenvalue weighted by Crippen LogP contribution is -2.13. The Bertz CT molecular complexity index is 883. The van der Waals surface area contributed by atoms with Gasteiger partial charge in [0, 0.05) is 30.4 Å². The van der Waals surface area contributed by atoms with E-state index in [2.05, 4.69) is 9.30 Å². The predicted octanol–water partition coefficient (Wildman–Crippen LogP) is 3.28. The Hall–Kier alpha value is -2.73. The van der Waals surface area contributed by atoms with Crippen molar-refractivity contribution in [3.63, 3.8) is 0 Å². The Morgan fingerprint density at radius 1 is 1.26 bits per heavy atom. The quantitative estimate of drug-likeness (QED) is 0.548. The fourth-order valence-electron chi connectivity index (χ4n) is 2.70. The third-order valence-electron chi connectivity index (χ3n) is 3.74. The number of nitro groups is 1. The van der Waals surface area contributed by atoms with Gasteiger partial charge in [-0.05, 0) is 32.6 Å². The Kier molecular flexibility index (Phi) is 3.83. The van der Waals surface area contributed by atoms with Crippen LogP contribution in [0, 0.1) is 17.0 Å². The smallest absolute Gasteiger partial charge is 0.270 e. The molecule has 6 nitrogen and oxygen atoms in total. The van der Waals surface area contributed by atoms with Crippen molar-refractivity contribution in [2.24, 2.45) is 0 Å². The molecule has 2 heterocycles. The van der Waals surface area contributed by atoms with E-state index < -0.39 is 0 Å². The third-order valence-corrected chi connectivity index (χ3v) is 3.74. The van der Waals surface area contributed by atoms with Crippen molar-refractivity contribution in [2.45, 2.75) is 13.5 Å². The van der Waals surface area contributed by atoms with Crippen molar-refractivity contribution in [3.8, 4) is 11.3 Å². The minimum Gasteiger partial charge on any atom is -0.304 e. The number of non-ortho nitro benzene ring substituents is 1. The number of imidazole rings is 1. The molecule has 118 valence electrons. The van der Waals surface area contributed by atoms with E-state index in [9.17, 15) is 10.1 Å². The molecule has 0 bridgehead atoms. The van der Waals surface area contributed by atoms with Gasteiger partial charge >= 0.3 is 0 Å². The number of nitro benzene ring substituents is 1. The van der Waals surface area contributed by atoms with Crippen LogP contribution in [0.3, 0.4) is 0 Å². The van der Waals surface area contributed by atoms with Gasteiger partial charge in [-0.25, -0.2) is 4.98 Å². The number of pyridine rings is 1. The first-order valence-electron chi connectivity index (χ1n) is 7.33. The SMILES string of the molecule is Cc1cccn2c(CN(C)C)c(-c3cccc([N+](=O)[O-])c3)nc12. The highest BCUT2D eigenvalue weighted by atomic mass is 16.6. The second kappa shape index (κ2) is 5.81. The van der Waals surface area contributed by atoms with Crippen LogP contribution in [-0.2, 0) is 6.54 Å². The van der Waals surface area contributed by atoms with Gasteiger partial charge in [-0.2, -0.15) is 0 Å². The van der Waals surface area contributed by atoms with Gasteiger partial charge < -0.3 is 9.30 Å². The molecule has 2 aromatic heterocycles. The largest absolute Gasteiger partial charge is 0.304 e. The molecule has 0 fully saturated rings. The first-order valence-corrected chi connectivity index (χ1v) is 7.33. The lowest BCUT2D eigenvalue weighted by molar-refractivity contribution is -0.384. The number of aryl methyl sites for hydroxylation is 1. The van der Waals surface area contributed by atoms with Gasteiger partial charge in [0.1, 0.15) is 5.65 Å². The maximum absolute atomic E-state index is 11.0. The molecule has 0 spiro atoms. The van der Waals surface area contributed by atoms with Crippen molar-refractivity contribution in [1.29, 1.82) is 0 Å². The van der Waals surface area contributed by atoms with Crippen LogP contribution in [0.25, 0.3) is 16.9 Å². The van der Waals surface area contributed by atoms with Gasteiger partial charge in [0.25, 0.3) is 5.69 Å². The van der Waals surface area contributed by atoms with Crippen LogP contribution in [0.2, 0.25) is 0 Å². The molecule has 0 saturated carbocycles. The summed E-state index contributed by atoms with van der Waals surface area (Å²) in [6, 6.07) is 10.6. The zero-order chi connectivity index (χ0) is 16.6. The molecule has 0 unspecified atom stereocenters. The molecule has 0 atom stereocenters. The molecule has 0 radical (unpaired) electrons. The van der Waals surface area contributed by atoms with Crippen molar-refractivity contribution >= 4 is 11.3 Å². The summed E-state index contributed by atoms with van der Waals surface area (Å²) in [7, 11) is 3.98. The predicted molar refractivity (Wildman–Crippen MR) is 89.4 cm³/mol. The summed E-state index contributed by atoms with van der Waals surface area (Å²) in [5.74, 6) is 0. The van der Waals surface area contributed by atoms with Crippen LogP contribution in [0.1, 0.15) is 11.3 Å². The highest BCUT2D eigenvalue weighted by molar-refractivity contribution is 5.69. The van der Waals surface area contributed by atoms with Crippen LogP contribution in [-0.4, -0.2) is 33.3 Å². The normalized spacial score (nSPS) is 11.3. The maximum atomic E-state index is 11.0. The van der Waals surface area contributed by atoms with Crippen LogP contribution in [0.4, 0.5) is 5.69 Å². The molecule has 0 N–H and O–H groups in total. The number of hydrogen-bond donors (Lipinski definition) is 0. The molecular weight excluding hydrogens is 292 g/mol. The topological polar surface area (TPSA) is 63.7 Å². The minimum atomic E-state index is -0.379. The lowest BCUT2D eigenvalue weighted by Gasteiger charge is -2.11. The summed E-state index contributed by atoms with van der Waals surface area (Å²) < 4.78 is 2.06. The van der Waals surface area contributed by atoms with Crippen LogP contribution in [0.15, 0.2) is 42.6 Å². The summed E-state index contributed by atoms with van der Waals surface area (Å²) in [6.07, 6.45) is 1.98. The molecule has 0 saturated heterocycles. The van der Waals surface area contributed by atoms with Crippen LogP contribution >= 0.6 is 0 Å². The van der Waals surface area contributed by atoms with Crippen molar-refractivity contribution in [3.05, 3.63) is 64.0 Å². The molecular formula is C17H18N4O2. The van der Waals surface area contributed by atoms with Crippen molar-refractivity contribution in [2.75, 3.05) is 14.1 Å². The number of benzene rings is 1. The lowest BCUT2D eigenvalue weighted by atomic mass is 10.1. The zero-order valence-electron chi connectivity index (χ0n) is 13.4. The van der Waals surface area contributed by atoms with Gasteiger partial charge in [0.15, 0.2) is 0 Å². The number of rotatable bonds is 4. The third kappa shape index (κ3) is 2.80. The second-order valence-electron chi connectivity index (χ2n) is 5.84. The molecule has 6 heteroatoms. The van der Waals surface area contributed by atoms with E-state index in [1.807, 2.05) is 45.4 Å². The number of fused-ring (bicyclic) bond motifs is 1. The number of aromatic nitrogens is 2. The molecule has 0 aliphatic heterocycles. The fourth-order valence-corrected chi connectivity index (χ4v) is 2.70. The first-order chi connectivity index (χ1) is 11.0. The highest BCUT2D eigenvalue weighted by Gasteiger charge is 2.17. The van der Waals surface area contributed by atoms with Gasteiger partial charge in [0.05, 0.1) is 16.3 Å². The van der Waals surface area contributed by atoms with E-state index in [1.54, 1.807) is 12.1 Å². The Balaban J connectivity index is 2.25. The average molecular weight is 310 g/mol. The molecule has 0 amide bonds. The summed E-state index contributed by atoms with van der Waals surface area (Å²) in [4.78, 5) is 17.5. The summed E-state index contributed by atoms with van der Waals surface area (Å²) in [5.41, 5.74) is 4.60. The van der Waals surface area contributed by atoms with E-state index in [4.69, 9.17) is 4.98 Å². The second-order valence-corrected chi connectivity index (χ2v) is 5.84. The average Bonchev–Trinajstić information content (AvgIpc) is 2.87. The molecule has 3 rings (SSSR count). The van der Waals surface area contributed by atoms with E-state index in [1.165, 1.54) is 6.07 Å². The number of hydrogen-bond acceptors (Lipinski definition) is 4. The van der Waals surface area contributed by atoms with E-state index >= 15 is 0 Å². The molecule has 23 heavy (non-hydrogen) atoms. The van der Waals surface area contributed by atoms with Crippen molar-refractivity contribution in [1.82, 2.24) is 14.3 Å². The molecule has 0 aliphatic carbocycles. The monoisotopic (exact) mass is 310 g/mol. The minimum absolute atomic E-state index is 0.0760. The standard InChI is InChI=1S/C17H18N4O2/c1-12-6-5-9-20-15(11-19(2)3)16(18-17(12)20)13-7-4-8-14(10-13)21(22)23/h4-10H,11H2,1-3H3. The summed E-state index contributed by atoms with van der Waals surface area (Å²) in [5, 5.41) is 11.0. The van der Waals surface area contributed by atoms with Crippen molar-refractivity contribution < 1.29 is 4.92 Å². The van der Waals surface area contributed by atoms with Crippen LogP contribution in [0.5, 0.6) is 0 Å². The Morgan fingerprint density at radius 3 is 2.74 bits per heavy atom. The Labute approximate surface area is 134 Å². The summed E-state index contributed by atoms with van der Waals surface area (Å²) >= 11 is 0. The first kappa shape index (κ1) is 15.2. The molecule has 3 aromatic rings. The van der Waals surface area contributed by atoms with Gasteiger partial charge in [-0.15, -0.1) is 0 Å². The van der Waals surface area contributed by atoms with Gasteiger partial charge in [-0.3, -0.25) is 10.1 Å². The van der Waals surface area contributed by atoms with E-state index in [0.29, 0.717) is 6.54 Å². The van der Waals surface area contributed by atoms with E-state index in [0.717, 1.165) is 28.2 Å². The summed E-state index contributed by atoms with van der Waals surface area (Å²) in [6.45, 7) is 2.71. The fraction of sp³-hybridized carbons (Fsp3) is 0.235. The molecule has 0 aliphatic rings. The van der Waals surface area contributed by atoms with Gasteiger partial charge in [-0.1, -0.05) is 18.2 Å². The zero-order valence-corrected chi connectivity index (χ0v) is 13.4. The molecule has 1 aromatic carbocycles. The highest BCUT2D eigenvalue weighted by Crippen LogP contribution is 2.28.